The van der Waals surface area contributed by atoms with E-state index in [9.17, 15) is 0 Å². The Balaban J connectivity index is 2.14. The molecular formula is C8H7ClN4S2. The first-order valence-corrected chi connectivity index (χ1v) is 6.27. The lowest BCUT2D eigenvalue weighted by Crippen LogP contribution is -1.82. The molecule has 0 aliphatic carbocycles. The minimum absolute atomic E-state index is 0.438. The first kappa shape index (κ1) is 10.8. The van der Waals surface area contributed by atoms with Crippen LogP contribution >= 0.6 is 34.7 Å². The molecule has 0 amide bonds. The van der Waals surface area contributed by atoms with Gasteiger partial charge in [-0.1, -0.05) is 29.9 Å². The fraction of sp³-hybridized carbons (Fsp3) is 0.250. The molecule has 0 saturated heterocycles. The first-order valence-electron chi connectivity index (χ1n) is 4.25. The summed E-state index contributed by atoms with van der Waals surface area (Å²) in [6.45, 7) is 2.05. The molecule has 0 spiro atoms. The average Bonchev–Trinajstić information content (AvgIpc) is 2.65. The lowest BCUT2D eigenvalue weighted by Gasteiger charge is -1.94. The highest BCUT2D eigenvalue weighted by Crippen LogP contribution is 2.29. The molecule has 0 atom stereocenters. The van der Waals surface area contributed by atoms with Gasteiger partial charge in [-0.2, -0.15) is 0 Å². The lowest BCUT2D eigenvalue weighted by atomic mass is 10.5. The van der Waals surface area contributed by atoms with Crippen molar-refractivity contribution in [2.75, 3.05) is 0 Å². The molecular weight excluding hydrogens is 252 g/mol. The van der Waals surface area contributed by atoms with E-state index in [0.29, 0.717) is 5.15 Å². The van der Waals surface area contributed by atoms with Gasteiger partial charge in [-0.05, 0) is 18.2 Å². The molecule has 2 aromatic rings. The van der Waals surface area contributed by atoms with Crippen LogP contribution in [0.2, 0.25) is 5.15 Å². The Morgan fingerprint density at radius 2 is 2.27 bits per heavy atom. The highest BCUT2D eigenvalue weighted by atomic mass is 35.5. The van der Waals surface area contributed by atoms with Crippen molar-refractivity contribution in [3.63, 3.8) is 0 Å². The molecule has 78 valence electrons. The summed E-state index contributed by atoms with van der Waals surface area (Å²) in [6, 6.07) is 1.71. The second kappa shape index (κ2) is 4.87. The van der Waals surface area contributed by atoms with Gasteiger partial charge in [0.15, 0.2) is 4.34 Å². The maximum absolute atomic E-state index is 5.75. The Labute approximate surface area is 100 Å². The fourth-order valence-electron chi connectivity index (χ4n) is 0.885. The van der Waals surface area contributed by atoms with E-state index < -0.39 is 0 Å². The van der Waals surface area contributed by atoms with Gasteiger partial charge in [0.2, 0.25) is 0 Å². The highest BCUT2D eigenvalue weighted by Gasteiger charge is 2.06. The number of hydrogen-bond donors (Lipinski definition) is 0. The molecule has 0 unspecified atom stereocenters. The third-order valence-corrected chi connectivity index (χ3v) is 3.81. The van der Waals surface area contributed by atoms with Crippen molar-refractivity contribution in [2.24, 2.45) is 0 Å². The molecule has 0 aromatic carbocycles. The van der Waals surface area contributed by atoms with Gasteiger partial charge in [-0.3, -0.25) is 0 Å². The zero-order valence-electron chi connectivity index (χ0n) is 7.85. The van der Waals surface area contributed by atoms with Crippen molar-refractivity contribution < 1.29 is 0 Å². The van der Waals surface area contributed by atoms with Gasteiger partial charge in [0.25, 0.3) is 0 Å². The van der Waals surface area contributed by atoms with Crippen molar-refractivity contribution in [3.8, 4) is 0 Å². The summed E-state index contributed by atoms with van der Waals surface area (Å²) in [7, 11) is 0. The summed E-state index contributed by atoms with van der Waals surface area (Å²) in [4.78, 5) is 7.89. The Bertz CT molecular complexity index is 459. The topological polar surface area (TPSA) is 51.6 Å². The largest absolute Gasteiger partial charge is 0.229 e. The van der Waals surface area contributed by atoms with Crippen LogP contribution in [0.15, 0.2) is 21.8 Å². The van der Waals surface area contributed by atoms with E-state index in [1.54, 1.807) is 17.4 Å². The van der Waals surface area contributed by atoms with Crippen LogP contribution in [0, 0.1) is 0 Å². The number of rotatable bonds is 3. The van der Waals surface area contributed by atoms with Crippen LogP contribution in [0.25, 0.3) is 0 Å². The summed E-state index contributed by atoms with van der Waals surface area (Å²) in [5, 5.41) is 10.3. The van der Waals surface area contributed by atoms with Gasteiger partial charge in [0, 0.05) is 6.07 Å². The predicted molar refractivity (Wildman–Crippen MR) is 60.5 cm³/mol. The third kappa shape index (κ3) is 2.87. The van der Waals surface area contributed by atoms with Gasteiger partial charge < -0.3 is 0 Å². The van der Waals surface area contributed by atoms with E-state index >= 15 is 0 Å². The highest BCUT2D eigenvalue weighted by molar-refractivity contribution is 8.01. The molecule has 0 saturated carbocycles. The van der Waals surface area contributed by atoms with Crippen molar-refractivity contribution in [2.45, 2.75) is 22.7 Å². The van der Waals surface area contributed by atoms with E-state index in [2.05, 4.69) is 27.1 Å². The third-order valence-electron chi connectivity index (χ3n) is 1.55. The molecule has 2 rings (SSSR count). The molecule has 0 N–H and O–H groups in total. The van der Waals surface area contributed by atoms with Crippen LogP contribution in [0.4, 0.5) is 0 Å². The molecule has 2 heterocycles. The summed E-state index contributed by atoms with van der Waals surface area (Å²) >= 11 is 8.76. The molecule has 0 aliphatic rings. The van der Waals surface area contributed by atoms with Crippen LogP contribution in [0.3, 0.4) is 0 Å². The number of aryl methyl sites for hydroxylation is 1. The minimum Gasteiger partial charge on any atom is -0.229 e. The first-order chi connectivity index (χ1) is 7.28. The zero-order valence-corrected chi connectivity index (χ0v) is 10.2. The SMILES string of the molecule is CCc1nnc(Sc2cc(Cl)ncn2)s1. The zero-order chi connectivity index (χ0) is 10.7. The fourth-order valence-corrected chi connectivity index (χ4v) is 2.85. The molecule has 0 aliphatic heterocycles. The lowest BCUT2D eigenvalue weighted by molar-refractivity contribution is 0.941. The summed E-state index contributed by atoms with van der Waals surface area (Å²) in [5.41, 5.74) is 0. The molecule has 2 aromatic heterocycles. The Morgan fingerprint density at radius 1 is 1.40 bits per heavy atom. The van der Waals surface area contributed by atoms with Crippen LogP contribution in [-0.2, 0) is 6.42 Å². The van der Waals surface area contributed by atoms with E-state index in [0.717, 1.165) is 20.8 Å². The predicted octanol–water partition coefficient (Wildman–Crippen LogP) is 2.70. The Morgan fingerprint density at radius 3 is 2.93 bits per heavy atom. The Hall–Kier alpha value is -0.720. The van der Waals surface area contributed by atoms with Crippen LogP contribution in [0.1, 0.15) is 11.9 Å². The van der Waals surface area contributed by atoms with E-state index in [1.807, 2.05) is 0 Å². The van der Waals surface area contributed by atoms with Crippen LogP contribution in [0.5, 0.6) is 0 Å². The number of halogens is 1. The molecule has 4 nitrogen and oxygen atoms in total. The molecule has 15 heavy (non-hydrogen) atoms. The standard InChI is InChI=1S/C8H7ClN4S2/c1-2-6-12-13-8(14-6)15-7-3-5(9)10-4-11-7/h3-4H,2H2,1H3. The maximum Gasteiger partial charge on any atom is 0.180 e. The number of nitrogens with zero attached hydrogens (tertiary/aromatic N) is 4. The summed E-state index contributed by atoms with van der Waals surface area (Å²) < 4.78 is 0.876. The van der Waals surface area contributed by atoms with E-state index in [-0.39, 0.29) is 0 Å². The van der Waals surface area contributed by atoms with E-state index in [4.69, 9.17) is 11.6 Å². The van der Waals surface area contributed by atoms with Gasteiger partial charge in [0.1, 0.15) is 21.5 Å². The second-order valence-electron chi connectivity index (χ2n) is 2.60. The monoisotopic (exact) mass is 258 g/mol. The normalized spacial score (nSPS) is 10.5. The van der Waals surface area contributed by atoms with Gasteiger partial charge in [-0.15, -0.1) is 10.2 Å². The van der Waals surface area contributed by atoms with Crippen LogP contribution < -0.4 is 0 Å². The maximum atomic E-state index is 5.75. The summed E-state index contributed by atoms with van der Waals surface area (Å²) in [6.07, 6.45) is 2.34. The van der Waals surface area contributed by atoms with Gasteiger partial charge >= 0.3 is 0 Å². The second-order valence-corrected chi connectivity index (χ2v) is 5.31. The molecule has 0 fully saturated rings. The van der Waals surface area contributed by atoms with E-state index in [1.165, 1.54) is 18.1 Å². The summed E-state index contributed by atoms with van der Waals surface area (Å²) in [5.74, 6) is 0. The molecule has 0 bridgehead atoms. The minimum atomic E-state index is 0.438. The quantitative estimate of drug-likeness (QED) is 0.793. The van der Waals surface area contributed by atoms with Crippen molar-refractivity contribution in [3.05, 3.63) is 22.6 Å². The average molecular weight is 259 g/mol. The smallest absolute Gasteiger partial charge is 0.180 e. The van der Waals surface area contributed by atoms with Gasteiger partial charge in [0.05, 0.1) is 0 Å². The van der Waals surface area contributed by atoms with Crippen LogP contribution in [-0.4, -0.2) is 20.2 Å². The number of aromatic nitrogens is 4. The molecule has 7 heteroatoms. The molecule has 0 radical (unpaired) electrons. The number of hydrogen-bond acceptors (Lipinski definition) is 6. The van der Waals surface area contributed by atoms with Gasteiger partial charge in [-0.25, -0.2) is 9.97 Å². The van der Waals surface area contributed by atoms with Crippen molar-refractivity contribution in [1.82, 2.24) is 20.2 Å². The van der Waals surface area contributed by atoms with Crippen molar-refractivity contribution >= 4 is 34.7 Å². The Kier molecular flexibility index (Phi) is 3.50. The van der Waals surface area contributed by atoms with Crippen molar-refractivity contribution in [1.29, 1.82) is 0 Å².